The fourth-order valence-corrected chi connectivity index (χ4v) is 2.32. The molecule has 0 atom stereocenters. The van der Waals surface area contributed by atoms with Crippen molar-refractivity contribution in [3.05, 3.63) is 69.9 Å². The summed E-state index contributed by atoms with van der Waals surface area (Å²) in [6, 6.07) is 7.66. The number of benzene rings is 1. The molecule has 0 unspecified atom stereocenters. The Morgan fingerprint density at radius 2 is 2.14 bits per heavy atom. The molecule has 0 bridgehead atoms. The number of aromatic amines is 1. The van der Waals surface area contributed by atoms with Gasteiger partial charge in [-0.2, -0.15) is 0 Å². The molecule has 1 heterocycles. The van der Waals surface area contributed by atoms with Crippen LogP contribution in [0.4, 0.5) is 4.39 Å². The Balaban J connectivity index is 1.87. The molecule has 2 aromatic rings. The van der Waals surface area contributed by atoms with Gasteiger partial charge in [0.25, 0.3) is 5.91 Å². The van der Waals surface area contributed by atoms with Crippen LogP contribution in [-0.2, 0) is 6.54 Å². The van der Waals surface area contributed by atoms with E-state index >= 15 is 0 Å². The van der Waals surface area contributed by atoms with Crippen LogP contribution in [0.15, 0.2) is 47.5 Å². The van der Waals surface area contributed by atoms with E-state index in [0.717, 1.165) is 18.4 Å². The highest BCUT2D eigenvalue weighted by Gasteiger charge is 2.33. The molecule has 1 amide bonds. The molecule has 4 nitrogen and oxygen atoms in total. The number of hydrogen-bond acceptors (Lipinski definition) is 2. The maximum absolute atomic E-state index is 13.3. The number of H-pyrrole nitrogens is 1. The quantitative estimate of drug-likeness (QED) is 0.937. The van der Waals surface area contributed by atoms with Crippen molar-refractivity contribution >= 4 is 5.91 Å². The van der Waals surface area contributed by atoms with Crippen molar-refractivity contribution in [3.8, 4) is 0 Å². The summed E-state index contributed by atoms with van der Waals surface area (Å²) in [5, 5.41) is 0. The number of rotatable bonds is 4. The Morgan fingerprint density at radius 1 is 1.33 bits per heavy atom. The zero-order valence-electron chi connectivity index (χ0n) is 11.4. The van der Waals surface area contributed by atoms with Gasteiger partial charge in [-0.25, -0.2) is 4.39 Å². The van der Waals surface area contributed by atoms with E-state index in [4.69, 9.17) is 0 Å². The molecular weight excluding hydrogens is 271 g/mol. The molecular formula is C16H15FN2O2. The lowest BCUT2D eigenvalue weighted by molar-refractivity contribution is 0.0728. The van der Waals surface area contributed by atoms with Crippen LogP contribution in [0.5, 0.6) is 0 Å². The van der Waals surface area contributed by atoms with Gasteiger partial charge in [0.2, 0.25) is 0 Å². The number of nitrogens with one attached hydrogen (secondary N) is 1. The minimum atomic E-state index is -0.326. The summed E-state index contributed by atoms with van der Waals surface area (Å²) in [5.74, 6) is -0.628. The molecule has 1 fully saturated rings. The lowest BCUT2D eigenvalue weighted by Crippen LogP contribution is -2.35. The van der Waals surface area contributed by atoms with Crippen LogP contribution in [-0.4, -0.2) is 21.8 Å². The maximum atomic E-state index is 13.3. The number of carbonyl (C=O) groups excluding carboxylic acids is 1. The van der Waals surface area contributed by atoms with Gasteiger partial charge in [-0.3, -0.25) is 9.59 Å². The fraction of sp³-hybridized carbons (Fsp3) is 0.250. The van der Waals surface area contributed by atoms with Gasteiger partial charge in [-0.1, -0.05) is 12.1 Å². The molecule has 0 spiro atoms. The van der Waals surface area contributed by atoms with Gasteiger partial charge in [0.15, 0.2) is 5.43 Å². The third-order valence-corrected chi connectivity index (χ3v) is 3.54. The molecule has 21 heavy (non-hydrogen) atoms. The topological polar surface area (TPSA) is 53.2 Å². The summed E-state index contributed by atoms with van der Waals surface area (Å²) in [6.45, 7) is 0.315. The summed E-state index contributed by atoms with van der Waals surface area (Å²) < 4.78 is 13.3. The van der Waals surface area contributed by atoms with Crippen LogP contribution in [0.1, 0.15) is 28.8 Å². The second-order valence-corrected chi connectivity index (χ2v) is 5.22. The zero-order chi connectivity index (χ0) is 14.8. The number of carbonyl (C=O) groups is 1. The van der Waals surface area contributed by atoms with Gasteiger partial charge in [-0.15, -0.1) is 0 Å². The van der Waals surface area contributed by atoms with E-state index in [1.165, 1.54) is 30.6 Å². The van der Waals surface area contributed by atoms with E-state index in [1.54, 1.807) is 17.0 Å². The van der Waals surface area contributed by atoms with Crippen molar-refractivity contribution in [2.75, 3.05) is 0 Å². The average molecular weight is 286 g/mol. The Bertz CT molecular complexity index is 722. The van der Waals surface area contributed by atoms with Crippen molar-refractivity contribution in [1.29, 1.82) is 0 Å². The number of amides is 1. The van der Waals surface area contributed by atoms with E-state index < -0.39 is 0 Å². The van der Waals surface area contributed by atoms with Crippen molar-refractivity contribution in [1.82, 2.24) is 9.88 Å². The van der Waals surface area contributed by atoms with Gasteiger partial charge in [0.05, 0.1) is 0 Å². The molecule has 1 saturated carbocycles. The van der Waals surface area contributed by atoms with Crippen LogP contribution in [0.3, 0.4) is 0 Å². The lowest BCUT2D eigenvalue weighted by atomic mass is 10.1. The molecule has 0 saturated heterocycles. The van der Waals surface area contributed by atoms with Crippen LogP contribution in [0, 0.1) is 5.82 Å². The molecule has 1 aromatic heterocycles. The minimum Gasteiger partial charge on any atom is -0.367 e. The highest BCUT2D eigenvalue weighted by molar-refractivity contribution is 5.94. The van der Waals surface area contributed by atoms with Crippen molar-refractivity contribution < 1.29 is 9.18 Å². The normalized spacial score (nSPS) is 14.0. The molecule has 1 N–H and O–H groups in total. The standard InChI is InChI=1S/C16H15FN2O2/c17-12-3-1-2-11(8-12)10-19(13-4-5-13)16(21)14-9-18-7-6-15(14)20/h1-3,6-9,13H,4-5,10H2,(H,18,20). The largest absolute Gasteiger partial charge is 0.367 e. The molecule has 0 aliphatic heterocycles. The van der Waals surface area contributed by atoms with Crippen LogP contribution in [0.25, 0.3) is 0 Å². The number of nitrogens with zero attached hydrogens (tertiary/aromatic N) is 1. The van der Waals surface area contributed by atoms with Crippen molar-refractivity contribution in [2.24, 2.45) is 0 Å². The molecule has 3 rings (SSSR count). The first-order valence-corrected chi connectivity index (χ1v) is 6.87. The number of aromatic nitrogens is 1. The number of pyridine rings is 1. The third kappa shape index (κ3) is 3.02. The lowest BCUT2D eigenvalue weighted by Gasteiger charge is -2.22. The number of hydrogen-bond donors (Lipinski definition) is 1. The highest BCUT2D eigenvalue weighted by Crippen LogP contribution is 2.29. The number of halogens is 1. The van der Waals surface area contributed by atoms with Crippen LogP contribution in [0.2, 0.25) is 0 Å². The molecule has 5 heteroatoms. The Hall–Kier alpha value is -2.43. The summed E-state index contributed by atoms with van der Waals surface area (Å²) in [4.78, 5) is 28.8. The molecule has 1 aliphatic rings. The third-order valence-electron chi connectivity index (χ3n) is 3.54. The Labute approximate surface area is 121 Å². The van der Waals surface area contributed by atoms with Crippen LogP contribution >= 0.6 is 0 Å². The van der Waals surface area contributed by atoms with Gasteiger partial charge >= 0.3 is 0 Å². The predicted octanol–water partition coefficient (Wildman–Crippen LogP) is 2.32. The van der Waals surface area contributed by atoms with Gasteiger partial charge < -0.3 is 9.88 Å². The zero-order valence-corrected chi connectivity index (χ0v) is 11.4. The van der Waals surface area contributed by atoms with E-state index in [2.05, 4.69) is 4.98 Å². The van der Waals surface area contributed by atoms with Gasteiger partial charge in [0.1, 0.15) is 11.4 Å². The van der Waals surface area contributed by atoms with E-state index in [-0.39, 0.29) is 28.8 Å². The van der Waals surface area contributed by atoms with Crippen LogP contribution < -0.4 is 5.43 Å². The minimum absolute atomic E-state index is 0.126. The second kappa shape index (κ2) is 5.52. The molecule has 0 radical (unpaired) electrons. The summed E-state index contributed by atoms with van der Waals surface area (Å²) in [5.41, 5.74) is 0.548. The Kier molecular flexibility index (Phi) is 3.56. The van der Waals surface area contributed by atoms with Crippen molar-refractivity contribution in [3.63, 3.8) is 0 Å². The highest BCUT2D eigenvalue weighted by atomic mass is 19.1. The maximum Gasteiger partial charge on any atom is 0.259 e. The van der Waals surface area contributed by atoms with Gasteiger partial charge in [-0.05, 0) is 30.5 Å². The monoisotopic (exact) mass is 286 g/mol. The van der Waals surface area contributed by atoms with Gasteiger partial charge in [0, 0.05) is 31.0 Å². The predicted molar refractivity (Wildman–Crippen MR) is 76.4 cm³/mol. The average Bonchev–Trinajstić information content (AvgIpc) is 3.29. The first-order chi connectivity index (χ1) is 10.1. The molecule has 1 aromatic carbocycles. The summed E-state index contributed by atoms with van der Waals surface area (Å²) >= 11 is 0. The summed E-state index contributed by atoms with van der Waals surface area (Å²) in [7, 11) is 0. The SMILES string of the molecule is O=C(c1c[nH]ccc1=O)N(Cc1cccc(F)c1)C1CC1. The smallest absolute Gasteiger partial charge is 0.259 e. The molecule has 1 aliphatic carbocycles. The summed E-state index contributed by atoms with van der Waals surface area (Å²) in [6.07, 6.45) is 4.76. The van der Waals surface area contributed by atoms with E-state index in [9.17, 15) is 14.0 Å². The van der Waals surface area contributed by atoms with Crippen molar-refractivity contribution in [2.45, 2.75) is 25.4 Å². The molecule has 108 valence electrons. The van der Waals surface area contributed by atoms with E-state index in [1.807, 2.05) is 0 Å². The Morgan fingerprint density at radius 3 is 2.81 bits per heavy atom. The first-order valence-electron chi connectivity index (χ1n) is 6.87. The first kappa shape index (κ1) is 13.5. The van der Waals surface area contributed by atoms with E-state index in [0.29, 0.717) is 6.54 Å². The second-order valence-electron chi connectivity index (χ2n) is 5.22. The fourth-order valence-electron chi connectivity index (χ4n) is 2.32.